The molecule has 0 amide bonds. The van der Waals surface area contributed by atoms with Crippen molar-refractivity contribution in [1.29, 1.82) is 0 Å². The van der Waals surface area contributed by atoms with E-state index in [0.29, 0.717) is 10.6 Å². The Morgan fingerprint density at radius 3 is 1.62 bits per heavy atom. The third kappa shape index (κ3) is 12.9. The molecule has 0 spiro atoms. The van der Waals surface area contributed by atoms with E-state index in [0.717, 1.165) is 19.3 Å². The highest BCUT2D eigenvalue weighted by molar-refractivity contribution is 7.91. The summed E-state index contributed by atoms with van der Waals surface area (Å²) in [5, 5.41) is 2.97. The highest BCUT2D eigenvalue weighted by Gasteiger charge is 2.13. The van der Waals surface area contributed by atoms with Crippen LogP contribution in [0.5, 0.6) is 0 Å². The molecule has 1 aromatic carbocycles. The van der Waals surface area contributed by atoms with Gasteiger partial charge in [-0.15, -0.1) is 0 Å². The highest BCUT2D eigenvalue weighted by atomic mass is 32.2. The molecule has 0 aromatic heterocycles. The minimum Gasteiger partial charge on any atom is -0.376 e. The number of thiocarbonyl (C=S) groups is 1. The average Bonchev–Trinajstić information content (AvgIpc) is 2.68. The van der Waals surface area contributed by atoms with Crippen LogP contribution < -0.4 is 11.1 Å². The lowest BCUT2D eigenvalue weighted by Gasteiger charge is -2.07. The van der Waals surface area contributed by atoms with E-state index in [9.17, 15) is 8.42 Å². The first-order valence-electron chi connectivity index (χ1n) is 11.3. The lowest BCUT2D eigenvalue weighted by atomic mass is 10.0. The predicted octanol–water partition coefficient (Wildman–Crippen LogP) is 6.60. The van der Waals surface area contributed by atoms with Gasteiger partial charge in [0.2, 0.25) is 0 Å². The Labute approximate surface area is 184 Å². The van der Waals surface area contributed by atoms with Crippen LogP contribution in [-0.4, -0.2) is 19.3 Å². The molecular weight excluding hydrogens is 400 g/mol. The molecule has 1 rings (SSSR count). The summed E-state index contributed by atoms with van der Waals surface area (Å²) in [7, 11) is -3.21. The van der Waals surface area contributed by atoms with Gasteiger partial charge in [0.25, 0.3) is 0 Å². The minimum absolute atomic E-state index is 0.169. The van der Waals surface area contributed by atoms with Gasteiger partial charge >= 0.3 is 0 Å². The first-order chi connectivity index (χ1) is 14.0. The van der Waals surface area contributed by atoms with Crippen LogP contribution in [-0.2, 0) is 9.84 Å². The summed E-state index contributed by atoms with van der Waals surface area (Å²) < 4.78 is 24.8. The fourth-order valence-corrected chi connectivity index (χ4v) is 4.98. The SMILES string of the molecule is CCCCCCCCCCCCCCCCS(=O)(=O)c1ccc(NC(N)=S)cc1. The maximum absolute atomic E-state index is 12.4. The maximum Gasteiger partial charge on any atom is 0.178 e. The Balaban J connectivity index is 2.04. The third-order valence-corrected chi connectivity index (χ3v) is 7.17. The van der Waals surface area contributed by atoms with E-state index in [2.05, 4.69) is 12.2 Å². The molecule has 0 aliphatic carbocycles. The molecule has 0 saturated heterocycles. The molecule has 1 aromatic rings. The van der Waals surface area contributed by atoms with Crippen LogP contribution in [0.2, 0.25) is 0 Å². The van der Waals surface area contributed by atoms with E-state index in [1.807, 2.05) is 0 Å². The van der Waals surface area contributed by atoms with Crippen LogP contribution in [0.1, 0.15) is 96.8 Å². The van der Waals surface area contributed by atoms with Crippen LogP contribution in [0.4, 0.5) is 5.69 Å². The number of anilines is 1. The molecule has 0 heterocycles. The summed E-state index contributed by atoms with van der Waals surface area (Å²) in [6.45, 7) is 2.26. The van der Waals surface area contributed by atoms with Gasteiger partial charge in [-0.3, -0.25) is 0 Å². The number of rotatable bonds is 17. The minimum atomic E-state index is -3.21. The molecule has 0 saturated carbocycles. The number of benzene rings is 1. The molecule has 0 aliphatic rings. The van der Waals surface area contributed by atoms with Crippen LogP contribution in [0, 0.1) is 0 Å². The summed E-state index contributed by atoms with van der Waals surface area (Å²) in [4.78, 5) is 0.362. The Morgan fingerprint density at radius 1 is 0.793 bits per heavy atom. The third-order valence-electron chi connectivity index (χ3n) is 5.25. The van der Waals surface area contributed by atoms with Crippen LogP contribution in [0.15, 0.2) is 29.2 Å². The summed E-state index contributed by atoms with van der Waals surface area (Å²) in [6, 6.07) is 6.61. The van der Waals surface area contributed by atoms with Gasteiger partial charge in [-0.2, -0.15) is 0 Å². The molecule has 0 unspecified atom stereocenters. The van der Waals surface area contributed by atoms with Gasteiger partial charge in [-0.1, -0.05) is 90.4 Å². The van der Waals surface area contributed by atoms with Crippen molar-refractivity contribution in [2.24, 2.45) is 5.73 Å². The molecule has 0 radical (unpaired) electrons. The number of nitrogens with two attached hydrogens (primary N) is 1. The van der Waals surface area contributed by atoms with E-state index >= 15 is 0 Å². The zero-order valence-electron chi connectivity index (χ0n) is 18.1. The highest BCUT2D eigenvalue weighted by Crippen LogP contribution is 2.18. The molecule has 6 heteroatoms. The smallest absolute Gasteiger partial charge is 0.178 e. The van der Waals surface area contributed by atoms with Crippen molar-refractivity contribution in [3.63, 3.8) is 0 Å². The van der Waals surface area contributed by atoms with Crippen molar-refractivity contribution in [3.8, 4) is 0 Å². The predicted molar refractivity (Wildman–Crippen MR) is 129 cm³/mol. The zero-order valence-corrected chi connectivity index (χ0v) is 19.8. The summed E-state index contributed by atoms with van der Waals surface area (Å²) in [5.41, 5.74) is 6.12. The van der Waals surface area contributed by atoms with E-state index in [4.69, 9.17) is 18.0 Å². The molecule has 0 fully saturated rings. The second-order valence-electron chi connectivity index (χ2n) is 7.93. The van der Waals surface area contributed by atoms with Gasteiger partial charge in [0.1, 0.15) is 0 Å². The van der Waals surface area contributed by atoms with Gasteiger partial charge in [-0.05, 0) is 42.9 Å². The molecule has 0 atom stereocenters. The van der Waals surface area contributed by atoms with Crippen LogP contribution in [0.25, 0.3) is 0 Å². The van der Waals surface area contributed by atoms with Crippen molar-refractivity contribution in [2.45, 2.75) is 102 Å². The molecule has 29 heavy (non-hydrogen) atoms. The summed E-state index contributed by atoms with van der Waals surface area (Å²) >= 11 is 4.78. The largest absolute Gasteiger partial charge is 0.376 e. The molecule has 4 nitrogen and oxygen atoms in total. The maximum atomic E-state index is 12.4. The molecule has 0 bridgehead atoms. The van der Waals surface area contributed by atoms with E-state index in [-0.39, 0.29) is 10.9 Å². The second kappa shape index (κ2) is 15.7. The van der Waals surface area contributed by atoms with Gasteiger partial charge in [0.05, 0.1) is 10.6 Å². The molecule has 3 N–H and O–H groups in total. The van der Waals surface area contributed by atoms with Gasteiger partial charge in [0, 0.05) is 5.69 Å². The van der Waals surface area contributed by atoms with E-state index < -0.39 is 9.84 Å². The topological polar surface area (TPSA) is 72.2 Å². The molecular formula is C23H40N2O2S2. The quantitative estimate of drug-likeness (QED) is 0.211. The number of sulfone groups is 1. The molecule has 0 aliphatic heterocycles. The molecule has 166 valence electrons. The zero-order chi connectivity index (χ0) is 21.4. The van der Waals surface area contributed by atoms with Crippen molar-refractivity contribution in [2.75, 3.05) is 11.1 Å². The Bertz CT molecular complexity index is 658. The number of hydrogen-bond donors (Lipinski definition) is 2. The lowest BCUT2D eigenvalue weighted by Crippen LogP contribution is -2.18. The van der Waals surface area contributed by atoms with E-state index in [1.54, 1.807) is 24.3 Å². The number of unbranched alkanes of at least 4 members (excludes halogenated alkanes) is 13. The summed E-state index contributed by atoms with van der Waals surface area (Å²) in [5.74, 6) is 0.215. The van der Waals surface area contributed by atoms with E-state index in [1.165, 1.54) is 70.6 Å². The summed E-state index contributed by atoms with van der Waals surface area (Å²) in [6.07, 6.45) is 17.7. The van der Waals surface area contributed by atoms with Crippen molar-refractivity contribution in [1.82, 2.24) is 0 Å². The fourth-order valence-electron chi connectivity index (χ4n) is 3.49. The van der Waals surface area contributed by atoms with Crippen molar-refractivity contribution < 1.29 is 8.42 Å². The fraction of sp³-hybridized carbons (Fsp3) is 0.696. The monoisotopic (exact) mass is 440 g/mol. The lowest BCUT2D eigenvalue weighted by molar-refractivity contribution is 0.537. The first kappa shape index (κ1) is 25.9. The van der Waals surface area contributed by atoms with Crippen LogP contribution >= 0.6 is 12.2 Å². The van der Waals surface area contributed by atoms with Crippen LogP contribution in [0.3, 0.4) is 0 Å². The standard InChI is InChI=1S/C23H40N2O2S2/c1-2-3-4-5-6-7-8-9-10-11-12-13-14-15-20-29(26,27)22-18-16-21(17-19-22)25-23(24)28/h16-19H,2-15,20H2,1H3,(H3,24,25,28). The van der Waals surface area contributed by atoms with Gasteiger partial charge in [-0.25, -0.2) is 8.42 Å². The first-order valence-corrected chi connectivity index (χ1v) is 13.4. The Morgan fingerprint density at radius 2 is 1.21 bits per heavy atom. The average molecular weight is 441 g/mol. The normalized spacial score (nSPS) is 11.5. The Kier molecular flexibility index (Phi) is 14.0. The van der Waals surface area contributed by atoms with Crippen molar-refractivity contribution in [3.05, 3.63) is 24.3 Å². The van der Waals surface area contributed by atoms with Crippen molar-refractivity contribution >= 4 is 32.9 Å². The Hall–Kier alpha value is -1.14. The van der Waals surface area contributed by atoms with Gasteiger partial charge < -0.3 is 11.1 Å². The second-order valence-corrected chi connectivity index (χ2v) is 10.5. The number of nitrogens with one attached hydrogen (secondary N) is 1. The van der Waals surface area contributed by atoms with Gasteiger partial charge in [0.15, 0.2) is 14.9 Å². The number of hydrogen-bond acceptors (Lipinski definition) is 3.